The normalized spacial score (nSPS) is 12.8. The van der Waals surface area contributed by atoms with Crippen molar-refractivity contribution in [3.8, 4) is 0 Å². The topological polar surface area (TPSA) is 101 Å². The van der Waals surface area contributed by atoms with Gasteiger partial charge < -0.3 is 9.59 Å². The molecule has 0 aromatic rings. The molecule has 8 nitrogen and oxygen atoms in total. The van der Waals surface area contributed by atoms with E-state index in [-0.39, 0.29) is 43.5 Å². The average molecular weight is 298 g/mol. The van der Waals surface area contributed by atoms with Crippen molar-refractivity contribution in [2.45, 2.75) is 19.3 Å². The second kappa shape index (κ2) is 10.4. The van der Waals surface area contributed by atoms with Crippen molar-refractivity contribution < 1.29 is 28.8 Å². The summed E-state index contributed by atoms with van der Waals surface area (Å²) >= 11 is 0. The van der Waals surface area contributed by atoms with Crippen LogP contribution >= 0.6 is 0 Å². The van der Waals surface area contributed by atoms with Crippen molar-refractivity contribution in [1.82, 2.24) is 9.96 Å². The number of carbonyl (C=O) groups is 5. The molecule has 0 atom stereocenters. The molecule has 1 heterocycles. The number of hydroxylamine groups is 2. The lowest BCUT2D eigenvalue weighted by molar-refractivity contribution is -0.168. The minimum atomic E-state index is -0.336. The maximum Gasteiger partial charge on any atom is 0.253 e. The smallest absolute Gasteiger partial charge is 0.253 e. The molecule has 0 aromatic carbocycles. The zero-order valence-electron chi connectivity index (χ0n) is 12.0. The Labute approximate surface area is 122 Å². The molecular formula is C13H18N2O6. The van der Waals surface area contributed by atoms with Gasteiger partial charge in [0.15, 0.2) is 0 Å². The first-order valence-electron chi connectivity index (χ1n) is 6.19. The van der Waals surface area contributed by atoms with E-state index in [1.165, 1.54) is 26.3 Å². The van der Waals surface area contributed by atoms with Crippen LogP contribution in [0.25, 0.3) is 0 Å². The fraction of sp³-hybridized carbons (Fsp3) is 0.462. The van der Waals surface area contributed by atoms with E-state index in [4.69, 9.17) is 0 Å². The number of carbonyl (C=O) groups excluding carboxylic acids is 5. The Morgan fingerprint density at radius 2 is 1.71 bits per heavy atom. The van der Waals surface area contributed by atoms with E-state index in [0.29, 0.717) is 12.6 Å². The van der Waals surface area contributed by atoms with Gasteiger partial charge in [-0.2, -0.15) is 0 Å². The third-order valence-corrected chi connectivity index (χ3v) is 2.47. The summed E-state index contributed by atoms with van der Waals surface area (Å²) in [6.07, 6.45) is 4.47. The van der Waals surface area contributed by atoms with Crippen LogP contribution in [0.4, 0.5) is 0 Å². The highest BCUT2D eigenvalue weighted by Crippen LogP contribution is 2.02. The minimum absolute atomic E-state index is 0.186. The number of hydrogen-bond acceptors (Lipinski definition) is 6. The lowest BCUT2D eigenvalue weighted by Gasteiger charge is -2.11. The third kappa shape index (κ3) is 7.11. The predicted molar refractivity (Wildman–Crippen MR) is 71.6 cm³/mol. The van der Waals surface area contributed by atoms with Gasteiger partial charge in [-0.25, -0.2) is 5.06 Å². The summed E-state index contributed by atoms with van der Waals surface area (Å²) in [6, 6.07) is 0. The van der Waals surface area contributed by atoms with Gasteiger partial charge in [-0.3, -0.25) is 24.1 Å². The summed E-state index contributed by atoms with van der Waals surface area (Å²) < 4.78 is 0. The lowest BCUT2D eigenvalue weighted by atomic mass is 10.3. The summed E-state index contributed by atoms with van der Waals surface area (Å²) in [4.78, 5) is 57.7. The number of amides is 3. The van der Waals surface area contributed by atoms with Crippen LogP contribution in [0.2, 0.25) is 0 Å². The third-order valence-electron chi connectivity index (χ3n) is 2.47. The maximum absolute atomic E-state index is 10.8. The van der Waals surface area contributed by atoms with Crippen molar-refractivity contribution in [2.24, 2.45) is 0 Å². The largest absolute Gasteiger partial charge is 0.303 e. The Hall–Kier alpha value is -2.35. The van der Waals surface area contributed by atoms with Gasteiger partial charge >= 0.3 is 0 Å². The Balaban J connectivity index is 0.000000384. The number of rotatable bonds is 7. The fourth-order valence-corrected chi connectivity index (χ4v) is 1.27. The van der Waals surface area contributed by atoms with Crippen LogP contribution in [0.3, 0.4) is 0 Å². The molecular weight excluding hydrogens is 280 g/mol. The highest BCUT2D eigenvalue weighted by molar-refractivity contribution is 6.12. The second-order valence-corrected chi connectivity index (χ2v) is 3.90. The van der Waals surface area contributed by atoms with E-state index >= 15 is 0 Å². The Kier molecular flexibility index (Phi) is 9.27. The highest BCUT2D eigenvalue weighted by Gasteiger charge is 2.21. The first kappa shape index (κ1) is 18.7. The molecule has 1 rings (SSSR count). The molecule has 1 aliphatic heterocycles. The number of aldehydes is 2. The van der Waals surface area contributed by atoms with Gasteiger partial charge in [0, 0.05) is 45.0 Å². The number of hydrogen-bond donors (Lipinski definition) is 0. The molecule has 8 heteroatoms. The molecule has 0 bridgehead atoms. The Morgan fingerprint density at radius 3 is 2.14 bits per heavy atom. The van der Waals surface area contributed by atoms with Crippen LogP contribution in [-0.4, -0.2) is 61.0 Å². The first-order chi connectivity index (χ1) is 9.97. The molecule has 116 valence electrons. The predicted octanol–water partition coefficient (Wildman–Crippen LogP) is -0.514. The number of imide groups is 1. The molecule has 0 spiro atoms. The van der Waals surface area contributed by atoms with Crippen molar-refractivity contribution in [3.63, 3.8) is 0 Å². The fourth-order valence-electron chi connectivity index (χ4n) is 1.27. The molecule has 21 heavy (non-hydrogen) atoms. The molecule has 0 fully saturated rings. The van der Waals surface area contributed by atoms with Crippen LogP contribution in [0.15, 0.2) is 12.2 Å². The van der Waals surface area contributed by atoms with Gasteiger partial charge in [-0.1, -0.05) is 0 Å². The van der Waals surface area contributed by atoms with E-state index in [2.05, 4.69) is 4.84 Å². The zero-order valence-corrected chi connectivity index (χ0v) is 12.0. The van der Waals surface area contributed by atoms with E-state index in [0.717, 1.165) is 9.96 Å². The quantitative estimate of drug-likeness (QED) is 0.356. The van der Waals surface area contributed by atoms with Gasteiger partial charge in [0.25, 0.3) is 11.8 Å². The van der Waals surface area contributed by atoms with Crippen LogP contribution in [0.5, 0.6) is 0 Å². The molecule has 0 aromatic heterocycles. The van der Waals surface area contributed by atoms with Crippen LogP contribution in [-0.2, 0) is 28.8 Å². The summed E-state index contributed by atoms with van der Waals surface area (Å²) in [5.41, 5.74) is 0. The molecule has 0 N–H and O–H groups in total. The Bertz CT molecular complexity index is 414. The molecule has 0 radical (unpaired) electrons. The highest BCUT2D eigenvalue weighted by atomic mass is 16.7. The summed E-state index contributed by atoms with van der Waals surface area (Å²) in [5, 5.41) is 1.10. The van der Waals surface area contributed by atoms with Crippen LogP contribution in [0, 0.1) is 0 Å². The van der Waals surface area contributed by atoms with Gasteiger partial charge in [0.1, 0.15) is 12.6 Å². The molecule has 0 saturated heterocycles. The van der Waals surface area contributed by atoms with Gasteiger partial charge in [-0.05, 0) is 0 Å². The van der Waals surface area contributed by atoms with Crippen LogP contribution in [0.1, 0.15) is 19.3 Å². The molecule has 0 saturated carbocycles. The summed E-state index contributed by atoms with van der Waals surface area (Å²) in [5.74, 6) is -0.858. The first-order valence-corrected chi connectivity index (χ1v) is 6.19. The summed E-state index contributed by atoms with van der Waals surface area (Å²) in [6.45, 7) is 0.189. The number of nitrogens with zero attached hydrogens (tertiary/aromatic N) is 2. The monoisotopic (exact) mass is 298 g/mol. The lowest BCUT2D eigenvalue weighted by Crippen LogP contribution is -2.30. The van der Waals surface area contributed by atoms with Gasteiger partial charge in [0.05, 0.1) is 7.11 Å². The van der Waals surface area contributed by atoms with Crippen molar-refractivity contribution in [3.05, 3.63) is 12.2 Å². The van der Waals surface area contributed by atoms with Crippen molar-refractivity contribution >= 4 is 30.3 Å². The molecule has 1 aliphatic rings. The van der Waals surface area contributed by atoms with Crippen molar-refractivity contribution in [2.75, 3.05) is 20.7 Å². The van der Waals surface area contributed by atoms with Gasteiger partial charge in [-0.15, -0.1) is 0 Å². The summed E-state index contributed by atoms with van der Waals surface area (Å²) in [7, 11) is 2.91. The average Bonchev–Trinajstić information content (AvgIpc) is 2.81. The second-order valence-electron chi connectivity index (χ2n) is 3.90. The Morgan fingerprint density at radius 1 is 1.19 bits per heavy atom. The standard InChI is InChI=1S/C7H7NO3.C6H11NO3/c9-5-1-4-8-6(10)2-3-7(8)11;1-7(10-2)6(9)4-3-5-8/h2-3,5H,1,4H2;5H,3-4H2,1-2H3. The van der Waals surface area contributed by atoms with E-state index in [1.54, 1.807) is 0 Å². The SMILES string of the molecule is CON(C)C(=O)CCC=O.O=CCCN1C(=O)C=CC1=O. The molecule has 0 unspecified atom stereocenters. The van der Waals surface area contributed by atoms with E-state index < -0.39 is 0 Å². The zero-order chi connectivity index (χ0) is 16.3. The van der Waals surface area contributed by atoms with Gasteiger partial charge in [0.2, 0.25) is 5.91 Å². The molecule has 3 amide bonds. The van der Waals surface area contributed by atoms with E-state index in [1.807, 2.05) is 0 Å². The maximum atomic E-state index is 10.8. The molecule has 0 aliphatic carbocycles. The van der Waals surface area contributed by atoms with Crippen molar-refractivity contribution in [1.29, 1.82) is 0 Å². The minimum Gasteiger partial charge on any atom is -0.303 e. The van der Waals surface area contributed by atoms with Crippen LogP contribution < -0.4 is 0 Å². The van der Waals surface area contributed by atoms with E-state index in [9.17, 15) is 24.0 Å².